The van der Waals surface area contributed by atoms with Crippen LogP contribution >= 0.6 is 11.6 Å². The van der Waals surface area contributed by atoms with Gasteiger partial charge in [-0.1, -0.05) is 30.6 Å². The molecule has 0 amide bonds. The molecule has 7 nitrogen and oxygen atoms in total. The minimum atomic E-state index is 0.558. The topological polar surface area (TPSA) is 84.6 Å². The molecule has 2 N–H and O–H groups in total. The zero-order chi connectivity index (χ0) is 19.5. The van der Waals surface area contributed by atoms with Gasteiger partial charge in [0.1, 0.15) is 0 Å². The van der Waals surface area contributed by atoms with Crippen LogP contribution in [0.25, 0.3) is 11.4 Å². The zero-order valence-electron chi connectivity index (χ0n) is 16.2. The smallest absolute Gasteiger partial charge is 0.228 e. The molecule has 0 aliphatic rings. The van der Waals surface area contributed by atoms with Crippen molar-refractivity contribution in [3.05, 3.63) is 35.2 Å². The van der Waals surface area contributed by atoms with E-state index in [-0.39, 0.29) is 0 Å². The summed E-state index contributed by atoms with van der Waals surface area (Å²) in [6, 6.07) is 7.34. The second-order valence-electron chi connectivity index (χ2n) is 6.49. The molecule has 0 fully saturated rings. The Morgan fingerprint density at radius 2 is 1.93 bits per heavy atom. The van der Waals surface area contributed by atoms with Crippen molar-refractivity contribution in [3.8, 4) is 11.4 Å². The van der Waals surface area contributed by atoms with Crippen molar-refractivity contribution < 1.29 is 9.26 Å². The van der Waals surface area contributed by atoms with Crippen LogP contribution in [-0.4, -0.2) is 49.5 Å². The Morgan fingerprint density at radius 3 is 2.63 bits per heavy atom. The third kappa shape index (κ3) is 7.97. The van der Waals surface area contributed by atoms with E-state index in [1.165, 1.54) is 0 Å². The number of benzene rings is 1. The number of aromatic nitrogens is 2. The van der Waals surface area contributed by atoms with Crippen LogP contribution in [0.3, 0.4) is 0 Å². The molecule has 0 aliphatic carbocycles. The lowest BCUT2D eigenvalue weighted by molar-refractivity contribution is 0.128. The first-order valence-electron chi connectivity index (χ1n) is 9.19. The molecule has 0 unspecified atom stereocenters. The average molecular weight is 394 g/mol. The normalized spacial score (nSPS) is 11.8. The maximum absolute atomic E-state index is 5.89. The maximum Gasteiger partial charge on any atom is 0.228 e. The van der Waals surface area contributed by atoms with E-state index in [4.69, 9.17) is 20.9 Å². The summed E-state index contributed by atoms with van der Waals surface area (Å²) in [7, 11) is 1.74. The Bertz CT molecular complexity index is 700. The quantitative estimate of drug-likeness (QED) is 0.366. The first kappa shape index (κ1) is 21.2. The molecular weight excluding hydrogens is 366 g/mol. The van der Waals surface area contributed by atoms with Gasteiger partial charge in [-0.25, -0.2) is 0 Å². The van der Waals surface area contributed by atoms with Gasteiger partial charge < -0.3 is 19.9 Å². The first-order valence-corrected chi connectivity index (χ1v) is 9.57. The highest BCUT2D eigenvalue weighted by atomic mass is 35.5. The number of nitrogens with zero attached hydrogens (tertiary/aromatic N) is 3. The van der Waals surface area contributed by atoms with Crippen LogP contribution in [0.1, 0.15) is 26.2 Å². The van der Waals surface area contributed by atoms with Crippen molar-refractivity contribution in [2.45, 2.75) is 26.7 Å². The molecular formula is C19H28ClN5O2. The standard InChI is InChI=1S/C19H28ClN5O2/c1-14(2)9-12-26-13-11-23-19(21-3)22-10-8-17-24-18(25-27-17)15-4-6-16(20)7-5-15/h4-7,14H,8-13H2,1-3H3,(H2,21,22,23). The lowest BCUT2D eigenvalue weighted by Crippen LogP contribution is -2.39. The largest absolute Gasteiger partial charge is 0.380 e. The molecule has 0 spiro atoms. The highest BCUT2D eigenvalue weighted by molar-refractivity contribution is 6.30. The minimum absolute atomic E-state index is 0.558. The summed E-state index contributed by atoms with van der Waals surface area (Å²) in [5.41, 5.74) is 0.873. The molecule has 0 saturated carbocycles. The number of guanidine groups is 1. The number of hydrogen-bond donors (Lipinski definition) is 2. The number of aliphatic imine (C=N–C) groups is 1. The second kappa shape index (κ2) is 11.6. The summed E-state index contributed by atoms with van der Waals surface area (Å²) in [4.78, 5) is 8.59. The molecule has 2 aromatic rings. The molecule has 0 bridgehead atoms. The Hall–Kier alpha value is -2.12. The molecule has 1 aromatic heterocycles. The van der Waals surface area contributed by atoms with Crippen molar-refractivity contribution >= 4 is 17.6 Å². The van der Waals surface area contributed by atoms with Gasteiger partial charge in [0.2, 0.25) is 11.7 Å². The Balaban J connectivity index is 1.66. The highest BCUT2D eigenvalue weighted by Gasteiger charge is 2.08. The Kier molecular flexibility index (Phi) is 9.07. The summed E-state index contributed by atoms with van der Waals surface area (Å²) >= 11 is 5.89. The van der Waals surface area contributed by atoms with Crippen molar-refractivity contribution in [2.75, 3.05) is 33.4 Å². The predicted molar refractivity (Wildman–Crippen MR) is 108 cm³/mol. The van der Waals surface area contributed by atoms with Crippen LogP contribution in [0.4, 0.5) is 0 Å². The van der Waals surface area contributed by atoms with E-state index in [1.807, 2.05) is 12.1 Å². The molecule has 0 saturated heterocycles. The lowest BCUT2D eigenvalue weighted by Gasteiger charge is -2.11. The fourth-order valence-corrected chi connectivity index (χ4v) is 2.37. The van der Waals surface area contributed by atoms with Gasteiger partial charge in [-0.05, 0) is 36.6 Å². The van der Waals surface area contributed by atoms with E-state index in [0.29, 0.717) is 48.8 Å². The van der Waals surface area contributed by atoms with Crippen molar-refractivity contribution in [1.29, 1.82) is 0 Å². The number of nitrogens with one attached hydrogen (secondary N) is 2. The highest BCUT2D eigenvalue weighted by Crippen LogP contribution is 2.18. The van der Waals surface area contributed by atoms with Crippen LogP contribution in [0.2, 0.25) is 5.02 Å². The Morgan fingerprint density at radius 1 is 1.19 bits per heavy atom. The van der Waals surface area contributed by atoms with Gasteiger partial charge in [-0.2, -0.15) is 4.98 Å². The summed E-state index contributed by atoms with van der Waals surface area (Å²) in [6.07, 6.45) is 1.68. The summed E-state index contributed by atoms with van der Waals surface area (Å²) in [6.45, 7) is 7.17. The average Bonchev–Trinajstić information content (AvgIpc) is 3.12. The van der Waals surface area contributed by atoms with Crippen LogP contribution in [-0.2, 0) is 11.2 Å². The van der Waals surface area contributed by atoms with Crippen LogP contribution in [0.15, 0.2) is 33.8 Å². The SMILES string of the molecule is CN=C(NCCOCCC(C)C)NCCc1nc(-c2ccc(Cl)cc2)no1. The molecule has 1 heterocycles. The fraction of sp³-hybridized carbons (Fsp3) is 0.526. The first-order chi connectivity index (χ1) is 13.1. The summed E-state index contributed by atoms with van der Waals surface area (Å²) in [5.74, 6) is 2.51. The number of halogens is 1. The van der Waals surface area contributed by atoms with E-state index < -0.39 is 0 Å². The van der Waals surface area contributed by atoms with Gasteiger partial charge in [0.25, 0.3) is 0 Å². The second-order valence-corrected chi connectivity index (χ2v) is 6.93. The van der Waals surface area contributed by atoms with Crippen LogP contribution in [0, 0.1) is 5.92 Å². The number of rotatable bonds is 10. The molecule has 8 heteroatoms. The Labute approximate surface area is 165 Å². The lowest BCUT2D eigenvalue weighted by atomic mass is 10.1. The van der Waals surface area contributed by atoms with Gasteiger partial charge in [0, 0.05) is 43.8 Å². The van der Waals surface area contributed by atoms with Crippen molar-refractivity contribution in [1.82, 2.24) is 20.8 Å². The third-order valence-electron chi connectivity index (χ3n) is 3.80. The molecule has 2 rings (SSSR count). The molecule has 0 radical (unpaired) electrons. The van der Waals surface area contributed by atoms with E-state index in [0.717, 1.165) is 24.6 Å². The van der Waals surface area contributed by atoms with E-state index in [9.17, 15) is 0 Å². The van der Waals surface area contributed by atoms with Gasteiger partial charge in [-0.15, -0.1) is 0 Å². The van der Waals surface area contributed by atoms with E-state index in [1.54, 1.807) is 19.2 Å². The zero-order valence-corrected chi connectivity index (χ0v) is 16.9. The van der Waals surface area contributed by atoms with E-state index in [2.05, 4.69) is 39.6 Å². The maximum atomic E-state index is 5.89. The van der Waals surface area contributed by atoms with Gasteiger partial charge in [0.05, 0.1) is 6.61 Å². The van der Waals surface area contributed by atoms with Gasteiger partial charge >= 0.3 is 0 Å². The summed E-state index contributed by atoms with van der Waals surface area (Å²) in [5, 5.41) is 11.1. The van der Waals surface area contributed by atoms with Crippen LogP contribution in [0.5, 0.6) is 0 Å². The molecule has 0 aliphatic heterocycles. The van der Waals surface area contributed by atoms with E-state index >= 15 is 0 Å². The van der Waals surface area contributed by atoms with Crippen molar-refractivity contribution in [2.24, 2.45) is 10.9 Å². The third-order valence-corrected chi connectivity index (χ3v) is 4.06. The summed E-state index contributed by atoms with van der Waals surface area (Å²) < 4.78 is 10.9. The molecule has 27 heavy (non-hydrogen) atoms. The predicted octanol–water partition coefficient (Wildman–Crippen LogP) is 3.16. The van der Waals surface area contributed by atoms with Crippen LogP contribution < -0.4 is 10.6 Å². The number of ether oxygens (including phenoxy) is 1. The van der Waals surface area contributed by atoms with Gasteiger partial charge in [0.15, 0.2) is 5.96 Å². The monoisotopic (exact) mass is 393 g/mol. The van der Waals surface area contributed by atoms with Gasteiger partial charge in [-0.3, -0.25) is 4.99 Å². The molecule has 1 aromatic carbocycles. The fourth-order valence-electron chi connectivity index (χ4n) is 2.24. The number of hydrogen-bond acceptors (Lipinski definition) is 5. The van der Waals surface area contributed by atoms with Crippen molar-refractivity contribution in [3.63, 3.8) is 0 Å². The molecule has 148 valence electrons. The minimum Gasteiger partial charge on any atom is -0.380 e. The molecule has 0 atom stereocenters.